The van der Waals surface area contributed by atoms with Crippen LogP contribution in [0.4, 0.5) is 5.69 Å². The van der Waals surface area contributed by atoms with Gasteiger partial charge in [0.2, 0.25) is 0 Å². The van der Waals surface area contributed by atoms with Crippen molar-refractivity contribution in [3.63, 3.8) is 0 Å². The molecule has 0 unspecified atom stereocenters. The van der Waals surface area contributed by atoms with E-state index in [-0.39, 0.29) is 5.02 Å². The van der Waals surface area contributed by atoms with Gasteiger partial charge in [0, 0.05) is 5.02 Å². The second-order valence-electron chi connectivity index (χ2n) is 5.42. The molecule has 0 aliphatic heterocycles. The molecule has 27 heavy (non-hydrogen) atoms. The Balaban J connectivity index is 1.86. The molecule has 0 aliphatic rings. The largest absolute Gasteiger partial charge is 0.492 e. The lowest BCUT2D eigenvalue weighted by Crippen LogP contribution is -2.29. The first-order valence-corrected chi connectivity index (χ1v) is 8.96. The Morgan fingerprint density at radius 2 is 1.85 bits per heavy atom. The van der Waals surface area contributed by atoms with Gasteiger partial charge in [-0.25, -0.2) is 4.79 Å². The maximum Gasteiger partial charge on any atom is 0.347 e. The summed E-state index contributed by atoms with van der Waals surface area (Å²) in [4.78, 5) is 24.1. The fraction of sp³-hybridized carbons (Fsp3) is 0.263. The third kappa shape index (κ3) is 6.34. The lowest BCUT2D eigenvalue weighted by atomic mass is 10.3. The number of para-hydroxylation sites is 2. The first-order valence-electron chi connectivity index (χ1n) is 8.20. The number of nitrogens with one attached hydrogen (secondary N) is 1. The number of ether oxygens (including phenoxy) is 3. The molecular formula is C19H19Cl2NO5. The molecule has 1 atom stereocenters. The van der Waals surface area contributed by atoms with Crippen LogP contribution in [0.2, 0.25) is 10.0 Å². The molecule has 0 bridgehead atoms. The summed E-state index contributed by atoms with van der Waals surface area (Å²) in [6.07, 6.45) is -0.952. The molecule has 0 heterocycles. The molecule has 1 N–H and O–H groups in total. The second kappa shape index (κ2) is 10.0. The van der Waals surface area contributed by atoms with Crippen LogP contribution in [0.25, 0.3) is 0 Å². The minimum absolute atomic E-state index is 0.271. The Bertz CT molecular complexity index is 812. The van der Waals surface area contributed by atoms with Crippen LogP contribution in [0.15, 0.2) is 42.5 Å². The van der Waals surface area contributed by atoms with Gasteiger partial charge in [0.25, 0.3) is 5.91 Å². The van der Waals surface area contributed by atoms with Gasteiger partial charge in [-0.15, -0.1) is 0 Å². The van der Waals surface area contributed by atoms with Crippen LogP contribution in [-0.4, -0.2) is 31.2 Å². The second-order valence-corrected chi connectivity index (χ2v) is 6.26. The number of anilines is 1. The number of halogens is 2. The molecular weight excluding hydrogens is 393 g/mol. The number of benzene rings is 2. The van der Waals surface area contributed by atoms with E-state index in [4.69, 9.17) is 37.4 Å². The molecule has 2 aromatic carbocycles. The monoisotopic (exact) mass is 411 g/mol. The normalized spacial score (nSPS) is 11.4. The Morgan fingerprint density at radius 1 is 1.11 bits per heavy atom. The molecule has 0 spiro atoms. The molecule has 2 rings (SSSR count). The van der Waals surface area contributed by atoms with Crippen molar-refractivity contribution in [3.05, 3.63) is 52.5 Å². The molecule has 2 aromatic rings. The van der Waals surface area contributed by atoms with E-state index in [9.17, 15) is 9.59 Å². The Morgan fingerprint density at radius 3 is 2.56 bits per heavy atom. The molecule has 0 saturated heterocycles. The van der Waals surface area contributed by atoms with Crippen molar-refractivity contribution in [1.29, 1.82) is 0 Å². The molecule has 8 heteroatoms. The standard InChI is InChI=1S/C19H19Cl2NO5/c1-3-25-17-7-5-4-6-15(17)22-18(23)11-26-19(24)12(2)27-16-9-8-13(20)10-14(16)21/h4-10,12H,3,11H2,1-2H3,(H,22,23)/t12-/m0/s1. The summed E-state index contributed by atoms with van der Waals surface area (Å²) in [5.41, 5.74) is 0.498. The Kier molecular flexibility index (Phi) is 7.76. The zero-order chi connectivity index (χ0) is 19.8. The first-order chi connectivity index (χ1) is 12.9. The van der Waals surface area contributed by atoms with Crippen molar-refractivity contribution in [1.82, 2.24) is 0 Å². The smallest absolute Gasteiger partial charge is 0.347 e. The number of hydrogen-bond donors (Lipinski definition) is 1. The SMILES string of the molecule is CCOc1ccccc1NC(=O)COC(=O)[C@H](C)Oc1ccc(Cl)cc1Cl. The molecule has 0 aromatic heterocycles. The lowest BCUT2D eigenvalue weighted by Gasteiger charge is -2.15. The highest BCUT2D eigenvalue weighted by atomic mass is 35.5. The van der Waals surface area contributed by atoms with Gasteiger partial charge < -0.3 is 19.5 Å². The Hall–Kier alpha value is -2.44. The summed E-state index contributed by atoms with van der Waals surface area (Å²) in [6.45, 7) is 3.34. The van der Waals surface area contributed by atoms with Gasteiger partial charge in [-0.05, 0) is 44.2 Å². The molecule has 1 amide bonds. The van der Waals surface area contributed by atoms with Gasteiger partial charge in [0.15, 0.2) is 12.7 Å². The quantitative estimate of drug-likeness (QED) is 0.653. The van der Waals surface area contributed by atoms with E-state index < -0.39 is 24.6 Å². The number of amides is 1. The van der Waals surface area contributed by atoms with Gasteiger partial charge in [0.1, 0.15) is 11.5 Å². The fourth-order valence-electron chi connectivity index (χ4n) is 2.10. The Labute approximate surface area is 167 Å². The van der Waals surface area contributed by atoms with Crippen LogP contribution in [0.3, 0.4) is 0 Å². The van der Waals surface area contributed by atoms with Crippen LogP contribution in [0.1, 0.15) is 13.8 Å². The summed E-state index contributed by atoms with van der Waals surface area (Å²) in [5, 5.41) is 3.36. The van der Waals surface area contributed by atoms with Crippen molar-refractivity contribution < 1.29 is 23.8 Å². The van der Waals surface area contributed by atoms with Gasteiger partial charge in [-0.2, -0.15) is 0 Å². The van der Waals surface area contributed by atoms with Crippen molar-refractivity contribution >= 4 is 40.8 Å². The summed E-state index contributed by atoms with van der Waals surface area (Å²) in [5.74, 6) is -0.365. The predicted octanol–water partition coefficient (Wildman–Crippen LogP) is 4.34. The summed E-state index contributed by atoms with van der Waals surface area (Å²) < 4.78 is 15.9. The maximum atomic E-state index is 12.0. The topological polar surface area (TPSA) is 73.9 Å². The minimum atomic E-state index is -0.952. The molecule has 0 fully saturated rings. The van der Waals surface area contributed by atoms with Crippen LogP contribution in [0, 0.1) is 0 Å². The van der Waals surface area contributed by atoms with E-state index in [0.717, 1.165) is 0 Å². The summed E-state index contributed by atoms with van der Waals surface area (Å²) in [7, 11) is 0. The fourth-order valence-corrected chi connectivity index (χ4v) is 2.55. The van der Waals surface area contributed by atoms with Crippen molar-refractivity contribution in [2.24, 2.45) is 0 Å². The van der Waals surface area contributed by atoms with Gasteiger partial charge in [-0.3, -0.25) is 4.79 Å². The van der Waals surface area contributed by atoms with Crippen molar-refractivity contribution in [2.75, 3.05) is 18.5 Å². The number of rotatable bonds is 8. The van der Waals surface area contributed by atoms with Crippen LogP contribution >= 0.6 is 23.2 Å². The van der Waals surface area contributed by atoms with Crippen LogP contribution in [-0.2, 0) is 14.3 Å². The van der Waals surface area contributed by atoms with Gasteiger partial charge >= 0.3 is 5.97 Å². The summed E-state index contributed by atoms with van der Waals surface area (Å²) in [6, 6.07) is 11.6. The molecule has 0 aliphatic carbocycles. The average molecular weight is 412 g/mol. The highest BCUT2D eigenvalue weighted by molar-refractivity contribution is 6.35. The van der Waals surface area contributed by atoms with E-state index in [0.29, 0.717) is 28.8 Å². The maximum absolute atomic E-state index is 12.0. The number of carbonyl (C=O) groups is 2. The zero-order valence-corrected chi connectivity index (χ0v) is 16.3. The highest BCUT2D eigenvalue weighted by Crippen LogP contribution is 2.28. The van der Waals surface area contributed by atoms with Crippen molar-refractivity contribution in [3.8, 4) is 11.5 Å². The summed E-state index contributed by atoms with van der Waals surface area (Å²) >= 11 is 11.8. The lowest BCUT2D eigenvalue weighted by molar-refractivity contribution is -0.153. The zero-order valence-electron chi connectivity index (χ0n) is 14.8. The van der Waals surface area contributed by atoms with E-state index in [1.54, 1.807) is 36.4 Å². The third-order valence-corrected chi connectivity index (χ3v) is 3.87. The average Bonchev–Trinajstić information content (AvgIpc) is 2.63. The van der Waals surface area contributed by atoms with Crippen LogP contribution in [0.5, 0.6) is 11.5 Å². The number of esters is 1. The number of hydrogen-bond acceptors (Lipinski definition) is 5. The van der Waals surface area contributed by atoms with Crippen molar-refractivity contribution in [2.45, 2.75) is 20.0 Å². The third-order valence-electron chi connectivity index (χ3n) is 3.34. The minimum Gasteiger partial charge on any atom is -0.492 e. The molecule has 0 radical (unpaired) electrons. The van der Waals surface area contributed by atoms with E-state index >= 15 is 0 Å². The van der Waals surface area contributed by atoms with E-state index in [1.807, 2.05) is 6.92 Å². The number of carbonyl (C=O) groups excluding carboxylic acids is 2. The molecule has 0 saturated carbocycles. The van der Waals surface area contributed by atoms with E-state index in [2.05, 4.69) is 5.32 Å². The van der Waals surface area contributed by atoms with E-state index in [1.165, 1.54) is 13.0 Å². The predicted molar refractivity (Wildman–Crippen MR) is 104 cm³/mol. The van der Waals surface area contributed by atoms with Gasteiger partial charge in [-0.1, -0.05) is 35.3 Å². The highest BCUT2D eigenvalue weighted by Gasteiger charge is 2.19. The van der Waals surface area contributed by atoms with Crippen LogP contribution < -0.4 is 14.8 Å². The molecule has 6 nitrogen and oxygen atoms in total. The first kappa shape index (κ1) is 20.9. The van der Waals surface area contributed by atoms with Gasteiger partial charge in [0.05, 0.1) is 17.3 Å². The molecule has 144 valence electrons.